The lowest BCUT2D eigenvalue weighted by molar-refractivity contribution is -0.137. The molecule has 0 radical (unpaired) electrons. The quantitative estimate of drug-likeness (QED) is 0.828. The molecule has 1 atom stereocenters. The van der Waals surface area contributed by atoms with Gasteiger partial charge in [0.15, 0.2) is 0 Å². The third-order valence-electron chi connectivity index (χ3n) is 2.22. The number of benzene rings is 1. The lowest BCUT2D eigenvalue weighted by Crippen LogP contribution is -2.07. The van der Waals surface area contributed by atoms with Crippen molar-refractivity contribution in [2.45, 2.75) is 18.8 Å². The molecule has 1 aromatic carbocycles. The van der Waals surface area contributed by atoms with Crippen LogP contribution in [-0.2, 0) is 9.59 Å². The van der Waals surface area contributed by atoms with E-state index < -0.39 is 5.97 Å². The first-order valence-corrected chi connectivity index (χ1v) is 5.40. The normalized spacial score (nSPS) is 12.1. The Kier molecular flexibility index (Phi) is 4.77. The number of carboxylic acid groups (broad SMARTS) is 1. The minimum atomic E-state index is -0.946. The highest BCUT2D eigenvalue weighted by Crippen LogP contribution is 2.29. The predicted octanol–water partition coefficient (Wildman–Crippen LogP) is 3.14. The van der Waals surface area contributed by atoms with Crippen molar-refractivity contribution in [2.24, 2.45) is 0 Å². The summed E-state index contributed by atoms with van der Waals surface area (Å²) in [7, 11) is 0. The van der Waals surface area contributed by atoms with Crippen molar-refractivity contribution in [3.05, 3.63) is 33.8 Å². The maximum absolute atomic E-state index is 10.6. The standard InChI is InChI=1S/C11H10Cl2O3/c12-9-2-1-7(5-10(9)13)8(3-4-14)6-11(15)16/h1-2,4-5,8H,3,6H2,(H,15,16). The van der Waals surface area contributed by atoms with Crippen molar-refractivity contribution in [3.8, 4) is 0 Å². The van der Waals surface area contributed by atoms with Crippen LogP contribution in [0.15, 0.2) is 18.2 Å². The second kappa shape index (κ2) is 5.87. The van der Waals surface area contributed by atoms with Crippen LogP contribution in [0.1, 0.15) is 24.3 Å². The summed E-state index contributed by atoms with van der Waals surface area (Å²) in [5.41, 5.74) is 0.712. The lowest BCUT2D eigenvalue weighted by atomic mass is 9.93. The summed E-state index contributed by atoms with van der Waals surface area (Å²) in [6, 6.07) is 4.88. The molecule has 16 heavy (non-hydrogen) atoms. The van der Waals surface area contributed by atoms with Crippen molar-refractivity contribution < 1.29 is 14.7 Å². The van der Waals surface area contributed by atoms with Gasteiger partial charge in [0, 0.05) is 12.3 Å². The van der Waals surface area contributed by atoms with E-state index in [4.69, 9.17) is 28.3 Å². The molecule has 0 saturated heterocycles. The summed E-state index contributed by atoms with van der Waals surface area (Å²) in [5.74, 6) is -1.30. The highest BCUT2D eigenvalue weighted by atomic mass is 35.5. The summed E-state index contributed by atoms with van der Waals surface area (Å²) in [4.78, 5) is 21.1. The zero-order chi connectivity index (χ0) is 12.1. The van der Waals surface area contributed by atoms with Gasteiger partial charge < -0.3 is 9.90 Å². The topological polar surface area (TPSA) is 54.4 Å². The second-order valence-corrected chi connectivity index (χ2v) is 4.19. The van der Waals surface area contributed by atoms with E-state index in [2.05, 4.69) is 0 Å². The van der Waals surface area contributed by atoms with E-state index in [1.165, 1.54) is 0 Å². The van der Waals surface area contributed by atoms with Gasteiger partial charge in [0.05, 0.1) is 16.5 Å². The first-order chi connectivity index (χ1) is 7.54. The molecule has 3 nitrogen and oxygen atoms in total. The number of carboxylic acids is 1. The van der Waals surface area contributed by atoms with Crippen LogP contribution >= 0.6 is 23.2 Å². The lowest BCUT2D eigenvalue weighted by Gasteiger charge is -2.12. The summed E-state index contributed by atoms with van der Waals surface area (Å²) >= 11 is 11.6. The van der Waals surface area contributed by atoms with E-state index in [1.807, 2.05) is 0 Å². The molecule has 1 unspecified atom stereocenters. The molecule has 0 aliphatic carbocycles. The van der Waals surface area contributed by atoms with Crippen LogP contribution in [0.2, 0.25) is 10.0 Å². The molecule has 0 amide bonds. The minimum absolute atomic E-state index is 0.100. The molecular weight excluding hydrogens is 251 g/mol. The Balaban J connectivity index is 2.95. The number of aliphatic carboxylic acids is 1. The number of carbonyl (C=O) groups is 2. The summed E-state index contributed by atoms with van der Waals surface area (Å²) in [6.45, 7) is 0. The monoisotopic (exact) mass is 260 g/mol. The average Bonchev–Trinajstić information content (AvgIpc) is 2.21. The van der Waals surface area contributed by atoms with Gasteiger partial charge in [-0.05, 0) is 17.7 Å². The molecule has 0 aliphatic heterocycles. The highest BCUT2D eigenvalue weighted by molar-refractivity contribution is 6.42. The van der Waals surface area contributed by atoms with Crippen LogP contribution in [0.4, 0.5) is 0 Å². The molecule has 86 valence electrons. The van der Waals surface area contributed by atoms with E-state index in [1.54, 1.807) is 18.2 Å². The molecule has 0 spiro atoms. The van der Waals surface area contributed by atoms with Crippen LogP contribution in [0, 0.1) is 0 Å². The Hall–Kier alpha value is -1.06. The molecule has 1 aromatic rings. The largest absolute Gasteiger partial charge is 0.481 e. The predicted molar refractivity (Wildman–Crippen MR) is 62.1 cm³/mol. The number of carbonyl (C=O) groups excluding carboxylic acids is 1. The zero-order valence-corrected chi connectivity index (χ0v) is 9.83. The first kappa shape index (κ1) is 13.0. The number of hydrogen-bond acceptors (Lipinski definition) is 2. The van der Waals surface area contributed by atoms with E-state index >= 15 is 0 Å². The second-order valence-electron chi connectivity index (χ2n) is 3.37. The maximum atomic E-state index is 10.6. The minimum Gasteiger partial charge on any atom is -0.481 e. The fourth-order valence-electron chi connectivity index (χ4n) is 1.43. The van der Waals surface area contributed by atoms with Crippen LogP contribution in [0.3, 0.4) is 0 Å². The van der Waals surface area contributed by atoms with Crippen LogP contribution in [0.25, 0.3) is 0 Å². The number of hydrogen-bond donors (Lipinski definition) is 1. The molecule has 5 heteroatoms. The van der Waals surface area contributed by atoms with Gasteiger partial charge in [0.1, 0.15) is 6.29 Å². The number of rotatable bonds is 5. The third-order valence-corrected chi connectivity index (χ3v) is 2.96. The molecule has 0 fully saturated rings. The fraction of sp³-hybridized carbons (Fsp3) is 0.273. The van der Waals surface area contributed by atoms with Crippen molar-refractivity contribution in [1.29, 1.82) is 0 Å². The van der Waals surface area contributed by atoms with Gasteiger partial charge in [-0.25, -0.2) is 0 Å². The molecule has 0 heterocycles. The van der Waals surface area contributed by atoms with Crippen molar-refractivity contribution >= 4 is 35.5 Å². The Morgan fingerprint density at radius 3 is 2.56 bits per heavy atom. The van der Waals surface area contributed by atoms with Gasteiger partial charge in [-0.1, -0.05) is 29.3 Å². The summed E-state index contributed by atoms with van der Waals surface area (Å²) < 4.78 is 0. The van der Waals surface area contributed by atoms with Crippen molar-refractivity contribution in [2.75, 3.05) is 0 Å². The molecular formula is C11H10Cl2O3. The molecule has 0 bridgehead atoms. The van der Waals surface area contributed by atoms with Gasteiger partial charge in [0.25, 0.3) is 0 Å². The molecule has 0 aromatic heterocycles. The Bertz CT molecular complexity index is 404. The molecule has 1 rings (SSSR count). The van der Waals surface area contributed by atoms with E-state index in [9.17, 15) is 9.59 Å². The number of halogens is 2. The molecule has 0 aliphatic rings. The molecule has 0 saturated carbocycles. The van der Waals surface area contributed by atoms with Gasteiger partial charge in [-0.2, -0.15) is 0 Å². The van der Waals surface area contributed by atoms with Crippen LogP contribution < -0.4 is 0 Å². The van der Waals surface area contributed by atoms with Gasteiger partial charge in [-0.3, -0.25) is 4.79 Å². The van der Waals surface area contributed by atoms with Crippen molar-refractivity contribution in [1.82, 2.24) is 0 Å². The Labute approximate surface area is 103 Å². The highest BCUT2D eigenvalue weighted by Gasteiger charge is 2.16. The SMILES string of the molecule is O=CCC(CC(=O)O)c1ccc(Cl)c(Cl)c1. The molecule has 1 N–H and O–H groups in total. The average molecular weight is 261 g/mol. The van der Waals surface area contributed by atoms with E-state index in [0.717, 1.165) is 0 Å². The van der Waals surface area contributed by atoms with Gasteiger partial charge >= 0.3 is 5.97 Å². The van der Waals surface area contributed by atoms with Gasteiger partial charge in [-0.15, -0.1) is 0 Å². The summed E-state index contributed by atoms with van der Waals surface area (Å²) in [6.07, 6.45) is 0.761. The Morgan fingerprint density at radius 1 is 1.38 bits per heavy atom. The maximum Gasteiger partial charge on any atom is 0.303 e. The van der Waals surface area contributed by atoms with Crippen LogP contribution in [-0.4, -0.2) is 17.4 Å². The smallest absolute Gasteiger partial charge is 0.303 e. The zero-order valence-electron chi connectivity index (χ0n) is 8.32. The fourth-order valence-corrected chi connectivity index (χ4v) is 1.74. The van der Waals surface area contributed by atoms with Crippen LogP contribution in [0.5, 0.6) is 0 Å². The van der Waals surface area contributed by atoms with Gasteiger partial charge in [0.2, 0.25) is 0 Å². The number of aldehydes is 1. The third kappa shape index (κ3) is 3.51. The summed E-state index contributed by atoms with van der Waals surface area (Å²) in [5, 5.41) is 9.49. The first-order valence-electron chi connectivity index (χ1n) is 4.65. The van der Waals surface area contributed by atoms with Crippen molar-refractivity contribution in [3.63, 3.8) is 0 Å². The van der Waals surface area contributed by atoms with E-state index in [0.29, 0.717) is 21.9 Å². The Morgan fingerprint density at radius 2 is 2.06 bits per heavy atom. The van der Waals surface area contributed by atoms with E-state index in [-0.39, 0.29) is 18.8 Å².